The van der Waals surface area contributed by atoms with Crippen LogP contribution in [0.4, 0.5) is 0 Å². The van der Waals surface area contributed by atoms with E-state index in [9.17, 15) is 8.42 Å². The van der Waals surface area contributed by atoms with Crippen molar-refractivity contribution in [3.05, 3.63) is 35.4 Å². The van der Waals surface area contributed by atoms with Crippen LogP contribution in [0.15, 0.2) is 29.3 Å². The fourth-order valence-corrected chi connectivity index (χ4v) is 4.19. The van der Waals surface area contributed by atoms with Crippen LogP contribution in [-0.4, -0.2) is 59.0 Å². The van der Waals surface area contributed by atoms with Crippen LogP contribution >= 0.6 is 24.0 Å². The van der Waals surface area contributed by atoms with E-state index in [2.05, 4.69) is 32.2 Å². The molecule has 1 fully saturated rings. The normalized spacial score (nSPS) is 15.9. The molecule has 9 heteroatoms. The summed E-state index contributed by atoms with van der Waals surface area (Å²) in [6.07, 6.45) is 6.52. The van der Waals surface area contributed by atoms with Crippen molar-refractivity contribution in [2.45, 2.75) is 51.3 Å². The summed E-state index contributed by atoms with van der Waals surface area (Å²) in [6, 6.07) is 7.57. The van der Waals surface area contributed by atoms with Crippen molar-refractivity contribution in [3.63, 3.8) is 0 Å². The van der Waals surface area contributed by atoms with Crippen molar-refractivity contribution in [1.82, 2.24) is 20.3 Å². The molecule has 0 atom stereocenters. The lowest BCUT2D eigenvalue weighted by Gasteiger charge is -2.20. The molecular formula is C21H38IN5O2S. The highest BCUT2D eigenvalue weighted by atomic mass is 127. The molecule has 1 aromatic carbocycles. The standard InChI is InChI=1S/C21H37N5O2S.HI/c1-3-23-21(24-13-8-16-26-14-6-4-5-7-15-26)25-17-19-9-11-20(12-10-19)18-29(27,28)22-2;/h9-12,22H,3-8,13-18H2,1-2H3,(H2,23,24,25);1H. The molecule has 7 nitrogen and oxygen atoms in total. The van der Waals surface area contributed by atoms with Crippen LogP contribution in [0.2, 0.25) is 0 Å². The molecule has 0 bridgehead atoms. The molecule has 1 aromatic rings. The Morgan fingerprint density at radius 3 is 2.27 bits per heavy atom. The second-order valence-electron chi connectivity index (χ2n) is 7.51. The van der Waals surface area contributed by atoms with Gasteiger partial charge in [-0.15, -0.1) is 24.0 Å². The van der Waals surface area contributed by atoms with Gasteiger partial charge in [0.2, 0.25) is 10.0 Å². The number of benzene rings is 1. The van der Waals surface area contributed by atoms with Gasteiger partial charge >= 0.3 is 0 Å². The number of likely N-dealkylation sites (tertiary alicyclic amines) is 1. The molecule has 1 aliphatic heterocycles. The molecule has 30 heavy (non-hydrogen) atoms. The lowest BCUT2D eigenvalue weighted by atomic mass is 10.1. The molecule has 0 amide bonds. The molecule has 0 radical (unpaired) electrons. The first kappa shape index (κ1) is 27.1. The van der Waals surface area contributed by atoms with Crippen molar-refractivity contribution in [2.75, 3.05) is 39.8 Å². The fraction of sp³-hybridized carbons (Fsp3) is 0.667. The number of hydrogen-bond acceptors (Lipinski definition) is 4. The van der Waals surface area contributed by atoms with E-state index in [4.69, 9.17) is 0 Å². The van der Waals surface area contributed by atoms with Crippen LogP contribution in [0, 0.1) is 0 Å². The van der Waals surface area contributed by atoms with E-state index in [1.807, 2.05) is 24.3 Å². The van der Waals surface area contributed by atoms with E-state index in [-0.39, 0.29) is 29.7 Å². The van der Waals surface area contributed by atoms with E-state index >= 15 is 0 Å². The number of guanidine groups is 1. The Hall–Kier alpha value is -0.910. The summed E-state index contributed by atoms with van der Waals surface area (Å²) in [4.78, 5) is 7.23. The van der Waals surface area contributed by atoms with Gasteiger partial charge in [-0.3, -0.25) is 0 Å². The quantitative estimate of drug-likeness (QED) is 0.180. The highest BCUT2D eigenvalue weighted by Crippen LogP contribution is 2.10. The van der Waals surface area contributed by atoms with E-state index in [0.717, 1.165) is 43.1 Å². The Morgan fingerprint density at radius 2 is 1.67 bits per heavy atom. The zero-order chi connectivity index (χ0) is 21.0. The number of aliphatic imine (C=N–C) groups is 1. The molecule has 0 spiro atoms. The van der Waals surface area contributed by atoms with Gasteiger partial charge < -0.3 is 15.5 Å². The number of hydrogen-bond donors (Lipinski definition) is 3. The van der Waals surface area contributed by atoms with E-state index in [1.165, 1.54) is 45.8 Å². The Kier molecular flexibility index (Phi) is 13.5. The second kappa shape index (κ2) is 15.0. The summed E-state index contributed by atoms with van der Waals surface area (Å²) < 4.78 is 25.6. The first-order valence-corrected chi connectivity index (χ1v) is 12.4. The van der Waals surface area contributed by atoms with Gasteiger partial charge in [0, 0.05) is 13.1 Å². The van der Waals surface area contributed by atoms with Crippen molar-refractivity contribution >= 4 is 40.0 Å². The Balaban J connectivity index is 0.00000450. The number of sulfonamides is 1. The van der Waals surface area contributed by atoms with Gasteiger partial charge in [-0.2, -0.15) is 0 Å². The minimum atomic E-state index is -3.24. The number of halogens is 1. The van der Waals surface area contributed by atoms with Gasteiger partial charge in [0.05, 0.1) is 12.3 Å². The van der Waals surface area contributed by atoms with Crippen molar-refractivity contribution in [1.29, 1.82) is 0 Å². The molecule has 2 rings (SSSR count). The third-order valence-electron chi connectivity index (χ3n) is 5.10. The lowest BCUT2D eigenvalue weighted by molar-refractivity contribution is 0.282. The monoisotopic (exact) mass is 551 g/mol. The highest BCUT2D eigenvalue weighted by molar-refractivity contribution is 14.0. The van der Waals surface area contributed by atoms with Gasteiger partial charge in [0.25, 0.3) is 0 Å². The second-order valence-corrected chi connectivity index (χ2v) is 9.44. The first-order valence-electron chi connectivity index (χ1n) is 10.8. The van der Waals surface area contributed by atoms with Gasteiger partial charge in [-0.1, -0.05) is 37.1 Å². The van der Waals surface area contributed by atoms with E-state index in [0.29, 0.717) is 6.54 Å². The Bertz CT molecular complexity index is 717. The molecule has 1 aliphatic rings. The third-order valence-corrected chi connectivity index (χ3v) is 6.43. The van der Waals surface area contributed by atoms with Crippen LogP contribution in [0.3, 0.4) is 0 Å². The molecule has 0 aliphatic carbocycles. The molecule has 172 valence electrons. The van der Waals surface area contributed by atoms with Crippen LogP contribution in [-0.2, 0) is 22.3 Å². The fourth-order valence-electron chi connectivity index (χ4n) is 3.41. The summed E-state index contributed by atoms with van der Waals surface area (Å²) in [5.74, 6) is 0.819. The molecule has 0 unspecified atom stereocenters. The number of nitrogens with one attached hydrogen (secondary N) is 3. The van der Waals surface area contributed by atoms with Gasteiger partial charge in [-0.05, 0) is 64.0 Å². The smallest absolute Gasteiger partial charge is 0.215 e. The van der Waals surface area contributed by atoms with E-state index < -0.39 is 10.0 Å². The highest BCUT2D eigenvalue weighted by Gasteiger charge is 2.09. The maximum Gasteiger partial charge on any atom is 0.215 e. The summed E-state index contributed by atoms with van der Waals surface area (Å²) in [5.41, 5.74) is 1.82. The average Bonchev–Trinajstić information content (AvgIpc) is 2.99. The Morgan fingerprint density at radius 1 is 1.03 bits per heavy atom. The molecule has 3 N–H and O–H groups in total. The maximum absolute atomic E-state index is 11.6. The first-order chi connectivity index (χ1) is 14.0. The largest absolute Gasteiger partial charge is 0.357 e. The van der Waals surface area contributed by atoms with Crippen LogP contribution < -0.4 is 15.4 Å². The zero-order valence-electron chi connectivity index (χ0n) is 18.3. The summed E-state index contributed by atoms with van der Waals surface area (Å²) in [6.45, 7) is 7.96. The molecule has 0 aromatic heterocycles. The minimum absolute atomic E-state index is 0. The summed E-state index contributed by atoms with van der Waals surface area (Å²) in [5, 5.41) is 6.71. The van der Waals surface area contributed by atoms with Crippen LogP contribution in [0.25, 0.3) is 0 Å². The third kappa shape index (κ3) is 10.9. The molecule has 0 saturated carbocycles. The molecular weight excluding hydrogens is 513 g/mol. The lowest BCUT2D eigenvalue weighted by Crippen LogP contribution is -2.39. The molecule has 1 heterocycles. The van der Waals surface area contributed by atoms with Crippen LogP contribution in [0.5, 0.6) is 0 Å². The van der Waals surface area contributed by atoms with Gasteiger partial charge in [-0.25, -0.2) is 18.1 Å². The summed E-state index contributed by atoms with van der Waals surface area (Å²) >= 11 is 0. The maximum atomic E-state index is 11.6. The van der Waals surface area contributed by atoms with Gasteiger partial charge in [0.1, 0.15) is 0 Å². The number of nitrogens with zero attached hydrogens (tertiary/aromatic N) is 2. The topological polar surface area (TPSA) is 85.8 Å². The predicted molar refractivity (Wildman–Crippen MR) is 136 cm³/mol. The predicted octanol–water partition coefficient (Wildman–Crippen LogP) is 2.68. The van der Waals surface area contributed by atoms with Crippen molar-refractivity contribution in [2.24, 2.45) is 4.99 Å². The van der Waals surface area contributed by atoms with Crippen molar-refractivity contribution in [3.8, 4) is 0 Å². The SMILES string of the molecule is CCNC(=NCc1ccc(CS(=O)(=O)NC)cc1)NCCCN1CCCCCC1.I. The van der Waals surface area contributed by atoms with E-state index in [1.54, 1.807) is 0 Å². The average molecular weight is 552 g/mol. The summed E-state index contributed by atoms with van der Waals surface area (Å²) in [7, 11) is -1.81. The van der Waals surface area contributed by atoms with Crippen molar-refractivity contribution < 1.29 is 8.42 Å². The number of rotatable bonds is 10. The molecule has 1 saturated heterocycles. The van der Waals surface area contributed by atoms with Crippen LogP contribution in [0.1, 0.15) is 50.2 Å². The zero-order valence-corrected chi connectivity index (χ0v) is 21.5. The Labute approximate surface area is 199 Å². The minimum Gasteiger partial charge on any atom is -0.357 e. The van der Waals surface area contributed by atoms with Gasteiger partial charge in [0.15, 0.2) is 5.96 Å².